The lowest BCUT2D eigenvalue weighted by Crippen LogP contribution is -2.02. The molecule has 4 heteroatoms. The molecule has 2 nitrogen and oxygen atoms in total. The van der Waals surface area contributed by atoms with Crippen LogP contribution in [0.4, 0.5) is 0 Å². The first-order valence-electron chi connectivity index (χ1n) is 4.62. The summed E-state index contributed by atoms with van der Waals surface area (Å²) in [5, 5.41) is 8.37. The first kappa shape index (κ1) is 9.94. The molecule has 1 aromatic rings. The molecule has 1 unspecified atom stereocenters. The zero-order valence-corrected chi connectivity index (χ0v) is 9.09. The van der Waals surface area contributed by atoms with Crippen molar-refractivity contribution in [3.63, 3.8) is 0 Å². The van der Waals surface area contributed by atoms with Crippen LogP contribution >= 0.6 is 23.2 Å². The monoisotopic (exact) mass is 228 g/mol. The first-order chi connectivity index (χ1) is 6.77. The molecule has 1 aliphatic rings. The fourth-order valence-electron chi connectivity index (χ4n) is 1.70. The van der Waals surface area contributed by atoms with Gasteiger partial charge in [-0.2, -0.15) is 0 Å². The minimum atomic E-state index is 0.351. The fourth-order valence-corrected chi connectivity index (χ4v) is 2.09. The lowest BCUT2D eigenvalue weighted by atomic mass is 9.91. The lowest BCUT2D eigenvalue weighted by Gasteiger charge is -2.16. The topological polar surface area (TPSA) is 25.8 Å². The van der Waals surface area contributed by atoms with Gasteiger partial charge in [-0.15, -0.1) is 10.2 Å². The Bertz CT molecular complexity index is 363. The molecule has 0 aliphatic heterocycles. The Morgan fingerprint density at radius 2 is 2.14 bits per heavy atom. The van der Waals surface area contributed by atoms with Gasteiger partial charge in [0, 0.05) is 11.5 Å². The SMILES string of the molecule is Clc1cc(C2C=CCCC2)c(Cl)nn1. The van der Waals surface area contributed by atoms with Crippen LogP contribution in [0, 0.1) is 0 Å². The van der Waals surface area contributed by atoms with Gasteiger partial charge in [0.15, 0.2) is 10.3 Å². The van der Waals surface area contributed by atoms with Crippen LogP contribution in [0.25, 0.3) is 0 Å². The van der Waals surface area contributed by atoms with E-state index in [0.29, 0.717) is 16.2 Å². The number of halogens is 2. The number of hydrogen-bond donors (Lipinski definition) is 0. The lowest BCUT2D eigenvalue weighted by molar-refractivity contribution is 0.651. The Balaban J connectivity index is 2.34. The second kappa shape index (κ2) is 4.28. The largest absolute Gasteiger partial charge is 0.155 e. The van der Waals surface area contributed by atoms with Gasteiger partial charge < -0.3 is 0 Å². The highest BCUT2D eigenvalue weighted by Crippen LogP contribution is 2.31. The van der Waals surface area contributed by atoms with Gasteiger partial charge in [0.2, 0.25) is 0 Å². The Morgan fingerprint density at radius 1 is 1.29 bits per heavy atom. The van der Waals surface area contributed by atoms with Crippen molar-refractivity contribution in [1.82, 2.24) is 10.2 Å². The number of aromatic nitrogens is 2. The van der Waals surface area contributed by atoms with Crippen LogP contribution in [-0.4, -0.2) is 10.2 Å². The zero-order valence-electron chi connectivity index (χ0n) is 7.58. The van der Waals surface area contributed by atoms with Gasteiger partial charge in [0.05, 0.1) is 0 Å². The molecule has 0 aromatic carbocycles. The molecule has 0 spiro atoms. The van der Waals surface area contributed by atoms with Crippen molar-refractivity contribution in [3.8, 4) is 0 Å². The van der Waals surface area contributed by atoms with Crippen LogP contribution in [0.2, 0.25) is 10.3 Å². The summed E-state index contributed by atoms with van der Waals surface area (Å²) < 4.78 is 0. The van der Waals surface area contributed by atoms with E-state index < -0.39 is 0 Å². The molecule has 0 saturated heterocycles. The van der Waals surface area contributed by atoms with Crippen molar-refractivity contribution in [2.45, 2.75) is 25.2 Å². The standard InChI is InChI=1S/C10H10Cl2N2/c11-9-6-8(10(12)14-13-9)7-4-2-1-3-5-7/h2,4,6-7H,1,3,5H2. The Labute approximate surface area is 92.9 Å². The van der Waals surface area contributed by atoms with Crippen molar-refractivity contribution < 1.29 is 0 Å². The smallest absolute Gasteiger partial charge is 0.137 e. The molecule has 0 fully saturated rings. The van der Waals surface area contributed by atoms with Gasteiger partial charge in [-0.3, -0.25) is 0 Å². The second-order valence-corrected chi connectivity index (χ2v) is 4.12. The molecule has 1 aromatic heterocycles. The van der Waals surface area contributed by atoms with Crippen molar-refractivity contribution in [2.24, 2.45) is 0 Å². The molecule has 2 rings (SSSR count). The maximum atomic E-state index is 5.96. The van der Waals surface area contributed by atoms with E-state index in [1.807, 2.05) is 0 Å². The second-order valence-electron chi connectivity index (χ2n) is 3.38. The molecule has 0 amide bonds. The Morgan fingerprint density at radius 3 is 2.86 bits per heavy atom. The predicted octanol–water partition coefficient (Wildman–Crippen LogP) is 3.61. The fraction of sp³-hybridized carbons (Fsp3) is 0.400. The third-order valence-electron chi connectivity index (χ3n) is 2.40. The molecule has 14 heavy (non-hydrogen) atoms. The summed E-state index contributed by atoms with van der Waals surface area (Å²) in [5.74, 6) is 0.351. The molecule has 1 atom stereocenters. The predicted molar refractivity (Wildman–Crippen MR) is 57.8 cm³/mol. The van der Waals surface area contributed by atoms with Crippen molar-refractivity contribution >= 4 is 23.2 Å². The first-order valence-corrected chi connectivity index (χ1v) is 5.38. The van der Waals surface area contributed by atoms with Crippen LogP contribution in [0.5, 0.6) is 0 Å². The molecule has 0 radical (unpaired) electrons. The van der Waals surface area contributed by atoms with Gasteiger partial charge in [0.25, 0.3) is 0 Å². The number of hydrogen-bond acceptors (Lipinski definition) is 2. The summed E-state index contributed by atoms with van der Waals surface area (Å²) in [5.41, 5.74) is 0.989. The van der Waals surface area contributed by atoms with E-state index in [9.17, 15) is 0 Å². The van der Waals surface area contributed by atoms with E-state index in [-0.39, 0.29) is 0 Å². The Hall–Kier alpha value is -0.600. The van der Waals surface area contributed by atoms with Gasteiger partial charge in [0.1, 0.15) is 0 Å². The minimum Gasteiger partial charge on any atom is -0.137 e. The average molecular weight is 229 g/mol. The van der Waals surface area contributed by atoms with Crippen LogP contribution < -0.4 is 0 Å². The quantitative estimate of drug-likeness (QED) is 0.687. The molecule has 74 valence electrons. The van der Waals surface area contributed by atoms with E-state index in [0.717, 1.165) is 18.4 Å². The van der Waals surface area contributed by atoms with Gasteiger partial charge in [-0.25, -0.2) is 0 Å². The van der Waals surface area contributed by atoms with Crippen LogP contribution in [-0.2, 0) is 0 Å². The maximum absolute atomic E-state index is 5.96. The van der Waals surface area contributed by atoms with E-state index in [2.05, 4.69) is 22.3 Å². The van der Waals surface area contributed by atoms with E-state index >= 15 is 0 Å². The summed E-state index contributed by atoms with van der Waals surface area (Å²) in [4.78, 5) is 0. The third kappa shape index (κ3) is 2.07. The Kier molecular flexibility index (Phi) is 3.04. The van der Waals surface area contributed by atoms with Crippen LogP contribution in [0.1, 0.15) is 30.7 Å². The number of nitrogens with zero attached hydrogens (tertiary/aromatic N) is 2. The number of rotatable bonds is 1. The molecular formula is C10H10Cl2N2. The van der Waals surface area contributed by atoms with Gasteiger partial charge in [-0.1, -0.05) is 35.4 Å². The van der Waals surface area contributed by atoms with Crippen LogP contribution in [0.15, 0.2) is 18.2 Å². The van der Waals surface area contributed by atoms with E-state index in [1.54, 1.807) is 6.07 Å². The van der Waals surface area contributed by atoms with E-state index in [1.165, 1.54) is 6.42 Å². The summed E-state index contributed by atoms with van der Waals surface area (Å²) >= 11 is 11.7. The summed E-state index contributed by atoms with van der Waals surface area (Å²) in [6.07, 6.45) is 7.80. The molecule has 0 saturated carbocycles. The highest BCUT2D eigenvalue weighted by atomic mass is 35.5. The molecule has 1 heterocycles. The molecule has 1 aliphatic carbocycles. The molecular weight excluding hydrogens is 219 g/mol. The normalized spacial score (nSPS) is 21.1. The van der Waals surface area contributed by atoms with Crippen molar-refractivity contribution in [2.75, 3.05) is 0 Å². The van der Waals surface area contributed by atoms with Crippen LogP contribution in [0.3, 0.4) is 0 Å². The zero-order chi connectivity index (χ0) is 9.97. The van der Waals surface area contributed by atoms with Crippen molar-refractivity contribution in [3.05, 3.63) is 34.1 Å². The highest BCUT2D eigenvalue weighted by molar-refractivity contribution is 6.31. The molecule has 0 bridgehead atoms. The van der Waals surface area contributed by atoms with E-state index in [4.69, 9.17) is 23.2 Å². The molecule has 0 N–H and O–H groups in total. The minimum absolute atomic E-state index is 0.351. The van der Waals surface area contributed by atoms with Crippen molar-refractivity contribution in [1.29, 1.82) is 0 Å². The maximum Gasteiger partial charge on any atom is 0.155 e. The summed E-state index contributed by atoms with van der Waals surface area (Å²) in [7, 11) is 0. The third-order valence-corrected chi connectivity index (χ3v) is 2.88. The highest BCUT2D eigenvalue weighted by Gasteiger charge is 2.15. The number of allylic oxidation sites excluding steroid dienone is 2. The van der Waals surface area contributed by atoms with Gasteiger partial charge in [-0.05, 0) is 25.3 Å². The summed E-state index contributed by atoms with van der Waals surface area (Å²) in [6.45, 7) is 0. The van der Waals surface area contributed by atoms with Gasteiger partial charge >= 0.3 is 0 Å². The summed E-state index contributed by atoms with van der Waals surface area (Å²) in [6, 6.07) is 1.80. The average Bonchev–Trinajstić information content (AvgIpc) is 2.23.